The van der Waals surface area contributed by atoms with Gasteiger partial charge in [0.1, 0.15) is 53.4 Å². The molecule has 8 rings (SSSR count). The van der Waals surface area contributed by atoms with Crippen LogP contribution in [0.15, 0.2) is 48.1 Å². The molecule has 0 unspecified atom stereocenters. The number of methoxy groups -OCH3 is 3. The Balaban J connectivity index is 0.923. The van der Waals surface area contributed by atoms with E-state index in [0.29, 0.717) is 32.1 Å². The lowest BCUT2D eigenvalue weighted by Gasteiger charge is -2.67. The fourth-order valence-electron chi connectivity index (χ4n) is 13.3. The van der Waals surface area contributed by atoms with E-state index in [-0.39, 0.29) is 31.8 Å². The van der Waals surface area contributed by atoms with Gasteiger partial charge >= 0.3 is 5.97 Å². The van der Waals surface area contributed by atoms with E-state index in [1.807, 2.05) is 50.3 Å². The van der Waals surface area contributed by atoms with Crippen LogP contribution in [0.25, 0.3) is 6.08 Å². The molecule has 3 saturated carbocycles. The van der Waals surface area contributed by atoms with E-state index in [4.69, 9.17) is 47.4 Å². The summed E-state index contributed by atoms with van der Waals surface area (Å²) in [4.78, 5) is 26.9. The molecule has 5 N–H and O–H groups in total. The molecule has 1 aromatic carbocycles. The van der Waals surface area contributed by atoms with Crippen LogP contribution in [-0.2, 0) is 57.0 Å². The highest BCUT2D eigenvalue weighted by Crippen LogP contribution is 2.71. The summed E-state index contributed by atoms with van der Waals surface area (Å²) in [5.41, 5.74) is -6.25. The fourth-order valence-corrected chi connectivity index (χ4v) is 13.3. The van der Waals surface area contributed by atoms with Crippen molar-refractivity contribution in [3.63, 3.8) is 0 Å². The second-order valence-corrected chi connectivity index (χ2v) is 20.9. The first-order valence-corrected chi connectivity index (χ1v) is 24.4. The molecule has 380 valence electrons. The normalized spacial score (nSPS) is 48.2. The SMILES string of the molecule is CO[C@@H]1[C@@H](O)[C@H](O[C@H]2[C@@H](OC)C[C@H](O[C@H]3[C@@H](OC)C[C@H](O[C@H]4CC[C@@]5(C)C(=CC[C@]6(O)[C@@H]5C[C@@H](OC(=O)/C=C/c5ccccc5)[C@@]5(C)[C@]6(O)CC[C@@]5(O)C(C)=O)C4)O[C@@H]3C)O[C@@H]2C)O[C@H](C)[C@H]1O. The number of esters is 1. The number of carbonyl (C=O) groups excluding carboxylic acids is 2. The molecular weight excluding hydrogens is 885 g/mol. The van der Waals surface area contributed by atoms with Gasteiger partial charge in [-0.2, -0.15) is 0 Å². The lowest BCUT2D eigenvalue weighted by molar-refractivity contribution is -0.352. The summed E-state index contributed by atoms with van der Waals surface area (Å²) in [6.45, 7) is 10.4. The molecule has 21 atom stereocenters. The van der Waals surface area contributed by atoms with E-state index < -0.39 is 131 Å². The fraction of sp³-hybridized carbons (Fsp3) is 0.765. The quantitative estimate of drug-likeness (QED) is 0.108. The number of aliphatic hydroxyl groups is 5. The van der Waals surface area contributed by atoms with Crippen LogP contribution >= 0.6 is 0 Å². The largest absolute Gasteiger partial charge is 0.458 e. The van der Waals surface area contributed by atoms with E-state index >= 15 is 0 Å². The predicted octanol–water partition coefficient (Wildman–Crippen LogP) is 3.67. The van der Waals surface area contributed by atoms with E-state index in [2.05, 4.69) is 6.92 Å². The molecule has 7 aliphatic rings. The average molecular weight is 959 g/mol. The third-order valence-electron chi connectivity index (χ3n) is 17.4. The maximum atomic E-state index is 13.6. The summed E-state index contributed by atoms with van der Waals surface area (Å²) in [5.74, 6) is -1.81. The zero-order chi connectivity index (χ0) is 49.1. The Morgan fingerprint density at radius 2 is 1.38 bits per heavy atom. The van der Waals surface area contributed by atoms with Crippen molar-refractivity contribution >= 4 is 17.8 Å². The van der Waals surface area contributed by atoms with E-state index in [9.17, 15) is 35.1 Å². The summed E-state index contributed by atoms with van der Waals surface area (Å²) in [6, 6.07) is 9.28. The van der Waals surface area contributed by atoms with E-state index in [1.54, 1.807) is 34.1 Å². The lowest BCUT2D eigenvalue weighted by Crippen LogP contribution is -2.78. The summed E-state index contributed by atoms with van der Waals surface area (Å²) < 4.78 is 61.6. The highest BCUT2D eigenvalue weighted by Gasteiger charge is 2.81. The summed E-state index contributed by atoms with van der Waals surface area (Å²) in [5, 5.41) is 59.3. The van der Waals surface area contributed by atoms with Crippen molar-refractivity contribution in [2.24, 2.45) is 16.7 Å². The van der Waals surface area contributed by atoms with Crippen molar-refractivity contribution in [1.29, 1.82) is 0 Å². The second-order valence-electron chi connectivity index (χ2n) is 20.9. The first-order valence-electron chi connectivity index (χ1n) is 24.4. The molecule has 17 nitrogen and oxygen atoms in total. The number of hydrogen-bond donors (Lipinski definition) is 5. The third kappa shape index (κ3) is 8.67. The predicted molar refractivity (Wildman–Crippen MR) is 242 cm³/mol. The Morgan fingerprint density at radius 1 is 0.750 bits per heavy atom. The minimum atomic E-state index is -2.05. The standard InChI is InChI=1S/C51H74O17/c1-27-41(54)45(61-9)42(55)46(64-27)68-44-29(3)63-40(25-35(44)60-8)67-43-28(2)62-39(24-34(43)59-7)65-33-18-19-47(5)32(23-33)17-20-50(57)36(47)26-37(66-38(53)16-15-31-13-11-10-12-14-31)48(6)49(56,30(4)52)21-22-51(48,50)58/h10-17,27-29,33-37,39-46,54-58H,18-26H2,1-9H3/b16-15+/t27-,28-,29-,33+,34+,35+,36-,37-,39+,40+,41-,42-,43-,44-,45+,46+,47+,48-,49-,50+,51-/m1/s1. The number of ketones is 1. The van der Waals surface area contributed by atoms with Crippen LogP contribution in [-0.4, -0.2) is 168 Å². The number of fused-ring (bicyclic) bond motifs is 5. The van der Waals surface area contributed by atoms with Gasteiger partial charge in [-0.05, 0) is 96.6 Å². The molecule has 0 bridgehead atoms. The lowest BCUT2D eigenvalue weighted by atomic mass is 9.42. The number of ether oxygens (including phenoxy) is 10. The molecule has 4 aliphatic carbocycles. The van der Waals surface area contributed by atoms with Gasteiger partial charge in [-0.25, -0.2) is 4.79 Å². The van der Waals surface area contributed by atoms with Gasteiger partial charge in [0.05, 0.1) is 42.0 Å². The smallest absolute Gasteiger partial charge is 0.331 e. The highest BCUT2D eigenvalue weighted by atomic mass is 16.8. The highest BCUT2D eigenvalue weighted by molar-refractivity contribution is 5.88. The van der Waals surface area contributed by atoms with Crippen molar-refractivity contribution in [2.45, 2.75) is 208 Å². The van der Waals surface area contributed by atoms with Gasteiger partial charge in [0.2, 0.25) is 0 Å². The maximum Gasteiger partial charge on any atom is 0.331 e. The van der Waals surface area contributed by atoms with E-state index in [0.717, 1.165) is 11.1 Å². The number of hydrogen-bond acceptors (Lipinski definition) is 17. The van der Waals surface area contributed by atoms with Gasteiger partial charge in [-0.3, -0.25) is 4.79 Å². The van der Waals surface area contributed by atoms with Crippen molar-refractivity contribution in [3.8, 4) is 0 Å². The Hall–Kier alpha value is -2.72. The van der Waals surface area contributed by atoms with Crippen LogP contribution in [0, 0.1) is 16.7 Å². The minimum absolute atomic E-state index is 0.0514. The molecule has 0 amide bonds. The Morgan fingerprint density at radius 3 is 2.00 bits per heavy atom. The topological polar surface area (TPSA) is 228 Å². The molecule has 1 aromatic rings. The van der Waals surface area contributed by atoms with Crippen molar-refractivity contribution in [1.82, 2.24) is 0 Å². The Labute approximate surface area is 399 Å². The molecule has 68 heavy (non-hydrogen) atoms. The first-order chi connectivity index (χ1) is 32.2. The van der Waals surface area contributed by atoms with E-state index in [1.165, 1.54) is 20.1 Å². The zero-order valence-electron chi connectivity index (χ0n) is 40.9. The third-order valence-corrected chi connectivity index (χ3v) is 17.4. The molecule has 3 heterocycles. The van der Waals surface area contributed by atoms with Crippen LogP contribution in [0.4, 0.5) is 0 Å². The van der Waals surface area contributed by atoms with Gasteiger partial charge in [0.25, 0.3) is 0 Å². The number of aliphatic hydroxyl groups excluding tert-OH is 2. The van der Waals surface area contributed by atoms with Gasteiger partial charge in [-0.15, -0.1) is 0 Å². The Bertz CT molecular complexity index is 2020. The van der Waals surface area contributed by atoms with Crippen LogP contribution in [0.3, 0.4) is 0 Å². The van der Waals surface area contributed by atoms with Crippen molar-refractivity contribution in [2.75, 3.05) is 21.3 Å². The monoisotopic (exact) mass is 958 g/mol. The Kier molecular flexibility index (Phi) is 15.0. The first kappa shape index (κ1) is 51.6. The number of Topliss-reactive ketones (excluding diaryl/α,β-unsaturated/α-hetero) is 1. The molecule has 17 heteroatoms. The van der Waals surface area contributed by atoms with Gasteiger partial charge < -0.3 is 72.9 Å². The molecule has 3 saturated heterocycles. The van der Waals surface area contributed by atoms with Crippen molar-refractivity contribution < 1.29 is 82.5 Å². The van der Waals surface area contributed by atoms with Crippen LogP contribution in [0.2, 0.25) is 0 Å². The number of benzene rings is 1. The average Bonchev–Trinajstić information content (AvgIpc) is 3.54. The van der Waals surface area contributed by atoms with Gasteiger partial charge in [0, 0.05) is 46.2 Å². The number of carbonyl (C=O) groups is 2. The zero-order valence-corrected chi connectivity index (χ0v) is 40.9. The minimum Gasteiger partial charge on any atom is -0.458 e. The van der Waals surface area contributed by atoms with Crippen LogP contribution in [0.1, 0.15) is 105 Å². The molecule has 6 fully saturated rings. The van der Waals surface area contributed by atoms with Gasteiger partial charge in [-0.1, -0.05) is 48.9 Å². The summed E-state index contributed by atoms with van der Waals surface area (Å²) >= 11 is 0. The molecule has 0 aromatic heterocycles. The van der Waals surface area contributed by atoms with Crippen molar-refractivity contribution in [3.05, 3.63) is 53.6 Å². The molecule has 0 radical (unpaired) electrons. The van der Waals surface area contributed by atoms with Crippen LogP contribution in [0.5, 0.6) is 0 Å². The second kappa shape index (κ2) is 19.7. The molecular formula is C51H74O17. The summed E-state index contributed by atoms with van der Waals surface area (Å²) in [7, 11) is 4.61. The number of rotatable bonds is 13. The molecule has 0 spiro atoms. The summed E-state index contributed by atoms with van der Waals surface area (Å²) in [6.07, 6.45) is -3.22. The molecule has 3 aliphatic heterocycles. The van der Waals surface area contributed by atoms with Crippen LogP contribution < -0.4 is 0 Å². The van der Waals surface area contributed by atoms with Gasteiger partial charge in [0.15, 0.2) is 24.7 Å². The maximum absolute atomic E-state index is 13.6.